The van der Waals surface area contributed by atoms with Crippen LogP contribution in [0, 0.1) is 0 Å². The summed E-state index contributed by atoms with van der Waals surface area (Å²) in [6.45, 7) is 2.13. The van der Waals surface area contributed by atoms with Crippen molar-refractivity contribution in [3.05, 3.63) is 24.3 Å². The molecule has 0 nitrogen and oxygen atoms in total. The first-order valence-corrected chi connectivity index (χ1v) is 4.67. The lowest BCUT2D eigenvalue weighted by Crippen LogP contribution is -1.54. The standard InChI is InChI=1S/C6H4.C3H7Br/c1-2-5-4-6(5)3-1;1-2-3-4/h1-4H;2-3H2,1H3. The molecular formula is C9H11Br. The van der Waals surface area contributed by atoms with Gasteiger partial charge in [-0.25, -0.2) is 0 Å². The molecule has 0 saturated heterocycles. The highest BCUT2D eigenvalue weighted by Crippen LogP contribution is 2.32. The molecule has 0 unspecified atom stereocenters. The van der Waals surface area contributed by atoms with Gasteiger partial charge in [0.2, 0.25) is 0 Å². The van der Waals surface area contributed by atoms with Crippen molar-refractivity contribution in [2.45, 2.75) is 13.3 Å². The molecule has 54 valence electrons. The van der Waals surface area contributed by atoms with Gasteiger partial charge in [-0.2, -0.15) is 0 Å². The molecule has 0 amide bonds. The van der Waals surface area contributed by atoms with Crippen LogP contribution in [-0.2, 0) is 0 Å². The smallest absolute Gasteiger partial charge is 0.00286 e. The van der Waals surface area contributed by atoms with Gasteiger partial charge in [0, 0.05) is 5.33 Å². The van der Waals surface area contributed by atoms with Crippen molar-refractivity contribution in [2.24, 2.45) is 0 Å². The third-order valence-electron chi connectivity index (χ3n) is 1.30. The molecule has 2 rings (SSSR count). The molecule has 0 saturated carbocycles. The van der Waals surface area contributed by atoms with Gasteiger partial charge in [-0.05, 0) is 23.6 Å². The van der Waals surface area contributed by atoms with E-state index in [9.17, 15) is 0 Å². The third kappa shape index (κ3) is 2.14. The molecule has 0 aromatic rings. The number of rotatable bonds is 1. The molecule has 1 heteroatoms. The second kappa shape index (κ2) is 3.77. The Bertz CT molecular complexity index is 186. The van der Waals surface area contributed by atoms with Gasteiger partial charge in [0.05, 0.1) is 0 Å². The minimum absolute atomic E-state index is 1.13. The first kappa shape index (κ1) is 7.80. The van der Waals surface area contributed by atoms with Crippen molar-refractivity contribution in [3.8, 4) is 11.1 Å². The Morgan fingerprint density at radius 2 is 1.80 bits per heavy atom. The van der Waals surface area contributed by atoms with E-state index in [1.165, 1.54) is 17.5 Å². The lowest BCUT2D eigenvalue weighted by Gasteiger charge is -1.66. The minimum Gasteiger partial charge on any atom is -0.0928 e. The fourth-order valence-electron chi connectivity index (χ4n) is 0.676. The van der Waals surface area contributed by atoms with Crippen LogP contribution in [0.4, 0.5) is 0 Å². The maximum atomic E-state index is 3.25. The second-order valence-electron chi connectivity index (χ2n) is 2.27. The molecule has 0 aromatic carbocycles. The van der Waals surface area contributed by atoms with Gasteiger partial charge in [0.1, 0.15) is 0 Å². The molecular weight excluding hydrogens is 188 g/mol. The van der Waals surface area contributed by atoms with Crippen molar-refractivity contribution < 1.29 is 0 Å². The van der Waals surface area contributed by atoms with E-state index in [4.69, 9.17) is 0 Å². The summed E-state index contributed by atoms with van der Waals surface area (Å²) in [6, 6.07) is 8.48. The lowest BCUT2D eigenvalue weighted by molar-refractivity contribution is 1.12. The maximum absolute atomic E-state index is 3.25. The van der Waals surface area contributed by atoms with E-state index in [-0.39, 0.29) is 0 Å². The summed E-state index contributed by atoms with van der Waals surface area (Å²) in [5.41, 5.74) is 2.85. The molecule has 0 aromatic heterocycles. The summed E-state index contributed by atoms with van der Waals surface area (Å²) in [5, 5.41) is 1.13. The van der Waals surface area contributed by atoms with Crippen LogP contribution < -0.4 is 0 Å². The molecule has 2 aliphatic rings. The van der Waals surface area contributed by atoms with Crippen LogP contribution in [-0.4, -0.2) is 5.33 Å². The molecule has 0 heterocycles. The zero-order chi connectivity index (χ0) is 7.40. The topological polar surface area (TPSA) is 0 Å². The number of hydrogen-bond donors (Lipinski definition) is 0. The average molecular weight is 199 g/mol. The van der Waals surface area contributed by atoms with Gasteiger partial charge in [-0.15, -0.1) is 0 Å². The zero-order valence-electron chi connectivity index (χ0n) is 6.10. The van der Waals surface area contributed by atoms with Crippen molar-refractivity contribution >= 4 is 15.9 Å². The molecule has 0 radical (unpaired) electrons. The van der Waals surface area contributed by atoms with Gasteiger partial charge in [-0.1, -0.05) is 41.1 Å². The normalized spacial score (nSPS) is 9.80. The molecule has 0 aliphatic heterocycles. The van der Waals surface area contributed by atoms with Crippen molar-refractivity contribution in [1.29, 1.82) is 0 Å². The van der Waals surface area contributed by atoms with Crippen LogP contribution in [0.5, 0.6) is 0 Å². The second-order valence-corrected chi connectivity index (χ2v) is 3.06. The Labute approximate surface area is 70.4 Å². The highest BCUT2D eigenvalue weighted by molar-refractivity contribution is 9.09. The van der Waals surface area contributed by atoms with E-state index in [1.807, 2.05) is 0 Å². The van der Waals surface area contributed by atoms with Crippen LogP contribution in [0.15, 0.2) is 24.3 Å². The molecule has 0 bridgehead atoms. The largest absolute Gasteiger partial charge is 0.0928 e. The summed E-state index contributed by atoms with van der Waals surface area (Å²) < 4.78 is 0. The molecule has 10 heavy (non-hydrogen) atoms. The Hall–Kier alpha value is -0.300. The maximum Gasteiger partial charge on any atom is 0.00286 e. The van der Waals surface area contributed by atoms with Gasteiger partial charge < -0.3 is 0 Å². The van der Waals surface area contributed by atoms with Crippen LogP contribution in [0.3, 0.4) is 0 Å². The van der Waals surface area contributed by atoms with Gasteiger partial charge >= 0.3 is 0 Å². The molecule has 2 aliphatic carbocycles. The summed E-state index contributed by atoms with van der Waals surface area (Å²) in [7, 11) is 0. The predicted octanol–water partition coefficient (Wildman–Crippen LogP) is 3.46. The van der Waals surface area contributed by atoms with E-state index in [2.05, 4.69) is 47.1 Å². The monoisotopic (exact) mass is 198 g/mol. The number of alkyl halides is 1. The van der Waals surface area contributed by atoms with Crippen LogP contribution in [0.2, 0.25) is 0 Å². The van der Waals surface area contributed by atoms with Crippen molar-refractivity contribution in [3.63, 3.8) is 0 Å². The molecule has 0 N–H and O–H groups in total. The van der Waals surface area contributed by atoms with E-state index in [1.54, 1.807) is 0 Å². The first-order valence-electron chi connectivity index (χ1n) is 3.55. The Morgan fingerprint density at radius 1 is 1.30 bits per heavy atom. The van der Waals surface area contributed by atoms with E-state index in [0.29, 0.717) is 0 Å². The highest BCUT2D eigenvalue weighted by atomic mass is 79.9. The zero-order valence-corrected chi connectivity index (χ0v) is 7.69. The van der Waals surface area contributed by atoms with Crippen LogP contribution in [0.25, 0.3) is 11.1 Å². The number of fused-ring (bicyclic) bond motifs is 1. The van der Waals surface area contributed by atoms with E-state index >= 15 is 0 Å². The first-order chi connectivity index (χ1) is 4.88. The van der Waals surface area contributed by atoms with Crippen molar-refractivity contribution in [2.75, 3.05) is 5.33 Å². The minimum atomic E-state index is 1.13. The van der Waals surface area contributed by atoms with Crippen LogP contribution in [0.1, 0.15) is 13.3 Å². The van der Waals surface area contributed by atoms with Crippen LogP contribution >= 0.6 is 15.9 Å². The predicted molar refractivity (Wildman–Crippen MR) is 49.5 cm³/mol. The van der Waals surface area contributed by atoms with E-state index in [0.717, 1.165) is 5.33 Å². The Kier molecular flexibility index (Phi) is 2.94. The molecule has 0 spiro atoms. The number of halogens is 1. The number of benzene rings is 1. The fourth-order valence-corrected chi connectivity index (χ4v) is 0.676. The molecule has 0 fully saturated rings. The SMILES string of the molecule is CCCBr.c1cc2cc-2c1. The third-order valence-corrected chi connectivity index (χ3v) is 2.09. The van der Waals surface area contributed by atoms with Gasteiger partial charge in [0.15, 0.2) is 0 Å². The summed E-state index contributed by atoms with van der Waals surface area (Å²) >= 11 is 3.25. The fraction of sp³-hybridized carbons (Fsp3) is 0.333. The molecule has 0 atom stereocenters. The van der Waals surface area contributed by atoms with E-state index < -0.39 is 0 Å². The quantitative estimate of drug-likeness (QED) is 0.617. The summed E-state index contributed by atoms with van der Waals surface area (Å²) in [6.07, 6.45) is 1.24. The summed E-state index contributed by atoms with van der Waals surface area (Å²) in [5.74, 6) is 0. The van der Waals surface area contributed by atoms with Gasteiger partial charge in [0.25, 0.3) is 0 Å². The Balaban J connectivity index is 0.000000112. The highest BCUT2D eigenvalue weighted by Gasteiger charge is 2.06. The number of hydrogen-bond acceptors (Lipinski definition) is 0. The average Bonchev–Trinajstić information content (AvgIpc) is 2.60. The lowest BCUT2D eigenvalue weighted by atomic mass is 10.6. The van der Waals surface area contributed by atoms with Crippen molar-refractivity contribution in [1.82, 2.24) is 0 Å². The van der Waals surface area contributed by atoms with Gasteiger partial charge in [-0.3, -0.25) is 0 Å². The summed E-state index contributed by atoms with van der Waals surface area (Å²) in [4.78, 5) is 0. The Morgan fingerprint density at radius 3 is 1.90 bits per heavy atom.